The summed E-state index contributed by atoms with van der Waals surface area (Å²) in [6.45, 7) is 1.54. The summed E-state index contributed by atoms with van der Waals surface area (Å²) in [4.78, 5) is 12.8. The standard InChI is InChI=1S/C9H16BrNO3/c1-11(8(12)6-10)7-9(13)2-4-14-5-3-9/h13H,2-7H2,1H3. The maximum absolute atomic E-state index is 11.3. The first-order chi connectivity index (χ1) is 6.57. The quantitative estimate of drug-likeness (QED) is 0.751. The highest BCUT2D eigenvalue weighted by atomic mass is 79.9. The second-order valence-electron chi connectivity index (χ2n) is 3.72. The number of likely N-dealkylation sites (N-methyl/N-ethyl adjacent to an activating group) is 1. The van der Waals surface area contributed by atoms with Crippen LogP contribution in [0.25, 0.3) is 0 Å². The van der Waals surface area contributed by atoms with E-state index < -0.39 is 5.60 Å². The average molecular weight is 266 g/mol. The van der Waals surface area contributed by atoms with Gasteiger partial charge in [0, 0.05) is 39.6 Å². The van der Waals surface area contributed by atoms with Crippen molar-refractivity contribution in [2.24, 2.45) is 0 Å². The van der Waals surface area contributed by atoms with Crippen LogP contribution in [-0.2, 0) is 9.53 Å². The van der Waals surface area contributed by atoms with Crippen LogP contribution in [0.4, 0.5) is 0 Å². The molecule has 82 valence electrons. The number of rotatable bonds is 3. The fourth-order valence-electron chi connectivity index (χ4n) is 1.54. The van der Waals surface area contributed by atoms with Crippen LogP contribution in [0.1, 0.15) is 12.8 Å². The topological polar surface area (TPSA) is 49.8 Å². The van der Waals surface area contributed by atoms with E-state index in [1.165, 1.54) is 0 Å². The molecule has 0 aliphatic carbocycles. The third-order valence-corrected chi connectivity index (χ3v) is 2.97. The van der Waals surface area contributed by atoms with Crippen molar-refractivity contribution in [2.45, 2.75) is 18.4 Å². The first-order valence-corrected chi connectivity index (χ1v) is 5.80. The van der Waals surface area contributed by atoms with Crippen LogP contribution in [0.2, 0.25) is 0 Å². The number of carbonyl (C=O) groups is 1. The van der Waals surface area contributed by atoms with E-state index in [0.717, 1.165) is 0 Å². The van der Waals surface area contributed by atoms with E-state index >= 15 is 0 Å². The molecule has 0 spiro atoms. The molecule has 0 aromatic heterocycles. The number of nitrogens with zero attached hydrogens (tertiary/aromatic N) is 1. The number of halogens is 1. The van der Waals surface area contributed by atoms with Gasteiger partial charge in [0.25, 0.3) is 0 Å². The van der Waals surface area contributed by atoms with E-state index in [-0.39, 0.29) is 5.91 Å². The van der Waals surface area contributed by atoms with Crippen LogP contribution in [0, 0.1) is 0 Å². The van der Waals surface area contributed by atoms with Gasteiger partial charge < -0.3 is 14.7 Å². The van der Waals surface area contributed by atoms with Gasteiger partial charge >= 0.3 is 0 Å². The fourth-order valence-corrected chi connectivity index (χ4v) is 1.97. The third-order valence-electron chi connectivity index (χ3n) is 2.50. The Morgan fingerprint density at radius 3 is 2.64 bits per heavy atom. The molecule has 0 saturated carbocycles. The molecule has 0 bridgehead atoms. The molecule has 4 nitrogen and oxygen atoms in total. The normalized spacial score (nSPS) is 20.5. The summed E-state index contributed by atoms with van der Waals surface area (Å²) in [5.74, 6) is -0.00934. The summed E-state index contributed by atoms with van der Waals surface area (Å²) in [6, 6.07) is 0. The van der Waals surface area contributed by atoms with Crippen LogP contribution in [0.5, 0.6) is 0 Å². The van der Waals surface area contributed by atoms with Crippen molar-refractivity contribution >= 4 is 21.8 Å². The molecule has 0 aromatic rings. The zero-order valence-electron chi connectivity index (χ0n) is 8.33. The van der Waals surface area contributed by atoms with Crippen molar-refractivity contribution in [3.05, 3.63) is 0 Å². The minimum absolute atomic E-state index is 0.00934. The molecule has 5 heteroatoms. The van der Waals surface area contributed by atoms with Crippen molar-refractivity contribution in [3.8, 4) is 0 Å². The fraction of sp³-hybridized carbons (Fsp3) is 0.889. The molecule has 0 aromatic carbocycles. The van der Waals surface area contributed by atoms with Crippen LogP contribution in [-0.4, -0.2) is 53.7 Å². The number of hydrogen-bond donors (Lipinski definition) is 1. The van der Waals surface area contributed by atoms with Gasteiger partial charge in [-0.1, -0.05) is 15.9 Å². The molecular formula is C9H16BrNO3. The van der Waals surface area contributed by atoms with Crippen molar-refractivity contribution in [1.29, 1.82) is 0 Å². The Bertz CT molecular complexity index is 204. The number of aliphatic hydroxyl groups is 1. The minimum Gasteiger partial charge on any atom is -0.388 e. The molecule has 1 fully saturated rings. The van der Waals surface area contributed by atoms with E-state index in [2.05, 4.69) is 15.9 Å². The highest BCUT2D eigenvalue weighted by Crippen LogP contribution is 2.21. The Labute approximate surface area is 92.3 Å². The number of amides is 1. The van der Waals surface area contributed by atoms with Gasteiger partial charge in [0.15, 0.2) is 0 Å². The molecule has 0 atom stereocenters. The maximum Gasteiger partial charge on any atom is 0.233 e. The molecule has 1 aliphatic heterocycles. The van der Waals surface area contributed by atoms with Gasteiger partial charge in [-0.2, -0.15) is 0 Å². The molecule has 1 aliphatic rings. The summed E-state index contributed by atoms with van der Waals surface area (Å²) in [6.07, 6.45) is 1.21. The smallest absolute Gasteiger partial charge is 0.233 e. The molecule has 0 unspecified atom stereocenters. The second kappa shape index (κ2) is 5.09. The van der Waals surface area contributed by atoms with E-state index in [1.54, 1.807) is 11.9 Å². The Hall–Kier alpha value is -0.130. The predicted octanol–water partition coefficient (Wildman–Crippen LogP) is 0.381. The van der Waals surface area contributed by atoms with E-state index in [1.807, 2.05) is 0 Å². The van der Waals surface area contributed by atoms with Crippen LogP contribution < -0.4 is 0 Å². The number of ether oxygens (including phenoxy) is 1. The van der Waals surface area contributed by atoms with Gasteiger partial charge in [0.05, 0.1) is 10.9 Å². The molecule has 14 heavy (non-hydrogen) atoms. The van der Waals surface area contributed by atoms with Crippen molar-refractivity contribution in [1.82, 2.24) is 4.90 Å². The zero-order chi connectivity index (χ0) is 10.6. The van der Waals surface area contributed by atoms with Gasteiger partial charge in [-0.15, -0.1) is 0 Å². The Kier molecular flexibility index (Phi) is 4.34. The van der Waals surface area contributed by atoms with Crippen LogP contribution in [0.15, 0.2) is 0 Å². The van der Waals surface area contributed by atoms with Crippen LogP contribution >= 0.6 is 15.9 Å². The highest BCUT2D eigenvalue weighted by molar-refractivity contribution is 9.09. The largest absolute Gasteiger partial charge is 0.388 e. The first kappa shape index (κ1) is 11.9. The van der Waals surface area contributed by atoms with E-state index in [4.69, 9.17) is 4.74 Å². The lowest BCUT2D eigenvalue weighted by atomic mass is 9.94. The number of alkyl halides is 1. The van der Waals surface area contributed by atoms with Gasteiger partial charge in [0.2, 0.25) is 5.91 Å². The SMILES string of the molecule is CN(CC1(O)CCOCC1)C(=O)CBr. The molecule has 1 amide bonds. The lowest BCUT2D eigenvalue weighted by Gasteiger charge is -2.35. The number of carbonyl (C=O) groups excluding carboxylic acids is 1. The first-order valence-electron chi connectivity index (χ1n) is 4.67. The van der Waals surface area contributed by atoms with Crippen molar-refractivity contribution in [2.75, 3.05) is 32.1 Å². The van der Waals surface area contributed by atoms with Gasteiger partial charge in [-0.05, 0) is 0 Å². The summed E-state index contributed by atoms with van der Waals surface area (Å²) < 4.78 is 5.16. The molecular weight excluding hydrogens is 250 g/mol. The molecule has 1 heterocycles. The third kappa shape index (κ3) is 3.22. The maximum atomic E-state index is 11.3. The Morgan fingerprint density at radius 2 is 2.14 bits per heavy atom. The van der Waals surface area contributed by atoms with Gasteiger partial charge in [-0.3, -0.25) is 4.79 Å². The lowest BCUT2D eigenvalue weighted by molar-refractivity contribution is -0.133. The second-order valence-corrected chi connectivity index (χ2v) is 4.28. The van der Waals surface area contributed by atoms with Crippen molar-refractivity contribution < 1.29 is 14.6 Å². The molecule has 1 rings (SSSR count). The zero-order valence-corrected chi connectivity index (χ0v) is 9.92. The van der Waals surface area contributed by atoms with Crippen molar-refractivity contribution in [3.63, 3.8) is 0 Å². The summed E-state index contributed by atoms with van der Waals surface area (Å²) in [5, 5.41) is 10.4. The van der Waals surface area contributed by atoms with E-state index in [0.29, 0.717) is 37.9 Å². The molecule has 1 N–H and O–H groups in total. The summed E-state index contributed by atoms with van der Waals surface area (Å²) in [5.41, 5.74) is -0.759. The predicted molar refractivity (Wildman–Crippen MR) is 56.4 cm³/mol. The van der Waals surface area contributed by atoms with Gasteiger partial charge in [-0.25, -0.2) is 0 Å². The lowest BCUT2D eigenvalue weighted by Crippen LogP contribution is -2.47. The van der Waals surface area contributed by atoms with E-state index in [9.17, 15) is 9.90 Å². The molecule has 0 radical (unpaired) electrons. The van der Waals surface area contributed by atoms with Crippen LogP contribution in [0.3, 0.4) is 0 Å². The monoisotopic (exact) mass is 265 g/mol. The summed E-state index contributed by atoms with van der Waals surface area (Å²) in [7, 11) is 1.71. The highest BCUT2D eigenvalue weighted by Gasteiger charge is 2.31. The average Bonchev–Trinajstić information content (AvgIpc) is 2.17. The Balaban J connectivity index is 2.44. The minimum atomic E-state index is -0.759. The molecule has 1 saturated heterocycles. The Morgan fingerprint density at radius 1 is 1.57 bits per heavy atom. The number of hydrogen-bond acceptors (Lipinski definition) is 3. The summed E-state index contributed by atoms with van der Waals surface area (Å²) >= 11 is 3.10. The van der Waals surface area contributed by atoms with Gasteiger partial charge in [0.1, 0.15) is 0 Å².